The summed E-state index contributed by atoms with van der Waals surface area (Å²) in [6.45, 7) is 7.37. The second kappa shape index (κ2) is 15.7. The molecule has 3 atom stereocenters. The second-order valence-corrected chi connectivity index (χ2v) is 15.4. The quantitative estimate of drug-likeness (QED) is 0.123. The van der Waals surface area contributed by atoms with E-state index in [2.05, 4.69) is 68.6 Å². The van der Waals surface area contributed by atoms with Crippen molar-refractivity contribution in [1.82, 2.24) is 20.4 Å². The number of benzene rings is 4. The zero-order chi connectivity index (χ0) is 37.2. The van der Waals surface area contributed by atoms with E-state index in [1.54, 1.807) is 11.3 Å². The number of rotatable bonds is 13. The smallest absolute Gasteiger partial charge is 0.161 e. The third-order valence-corrected chi connectivity index (χ3v) is 11.9. The van der Waals surface area contributed by atoms with E-state index in [-0.39, 0.29) is 12.2 Å². The average molecular weight is 758 g/mol. The van der Waals surface area contributed by atoms with Gasteiger partial charge in [0.25, 0.3) is 0 Å². The van der Waals surface area contributed by atoms with Crippen LogP contribution in [-0.4, -0.2) is 46.3 Å². The Morgan fingerprint density at radius 3 is 2.02 bits per heavy atom. The van der Waals surface area contributed by atoms with E-state index in [0.29, 0.717) is 42.9 Å². The van der Waals surface area contributed by atoms with Crippen LogP contribution in [0.1, 0.15) is 73.6 Å². The van der Waals surface area contributed by atoms with Crippen LogP contribution in [0.4, 0.5) is 0 Å². The first-order valence-electron chi connectivity index (χ1n) is 18.4. The molecule has 0 bridgehead atoms. The Morgan fingerprint density at radius 1 is 0.741 bits per heavy atom. The fourth-order valence-electron chi connectivity index (χ4n) is 7.37. The Kier molecular flexibility index (Phi) is 10.4. The van der Waals surface area contributed by atoms with Crippen LogP contribution in [0.5, 0.6) is 17.2 Å². The number of hydrogen-bond donors (Lipinski definition) is 1. The molecule has 2 aliphatic rings. The number of aromatic nitrogens is 4. The molecule has 3 unspecified atom stereocenters. The topological polar surface area (TPSA) is 140 Å². The molecule has 274 valence electrons. The highest BCUT2D eigenvalue weighted by molar-refractivity contribution is 7.18. The van der Waals surface area contributed by atoms with Crippen molar-refractivity contribution in [3.63, 3.8) is 0 Å². The van der Waals surface area contributed by atoms with Gasteiger partial charge in [-0.15, -0.1) is 20.4 Å². The molecule has 0 radical (unpaired) electrons. The standard InChI is InChI=1S/C42H40N6O4S2/c1-4-49-37-18-13-26(21-38(37)50-5-2)40-46-48-42(54-40)33-11-7-9-31-29(33)15-19-36(31)51-23-24(3)52-35-17-12-25(20-27(35)22-43)39-45-47-41(53-39)32-10-6-8-30-28(32)14-16-34(30)44/h6-13,17-18,20-21,24,34,36H,4-5,14-16,19,23,44H2,1-3H3/p+1. The molecular formula is C42H41N6O4S2+. The third-order valence-electron chi connectivity index (χ3n) is 9.92. The predicted molar refractivity (Wildman–Crippen MR) is 210 cm³/mol. The monoisotopic (exact) mass is 757 g/mol. The molecular weight excluding hydrogens is 717 g/mol. The number of ether oxygens (including phenoxy) is 4. The molecule has 0 fully saturated rings. The predicted octanol–water partition coefficient (Wildman–Crippen LogP) is 8.43. The first-order chi connectivity index (χ1) is 26.4. The molecule has 0 saturated heterocycles. The van der Waals surface area contributed by atoms with Gasteiger partial charge in [0.1, 0.15) is 44.0 Å². The SMILES string of the molecule is CCOc1ccc(-c2nnc(-c3cccc4c3CCC4OCC(C)Oc3ccc(-c4nnc(-c5cccc6c5CCC6[NH3+])s4)cc3C#N)s2)cc1OCC. The largest absolute Gasteiger partial charge is 0.490 e. The summed E-state index contributed by atoms with van der Waals surface area (Å²) in [5, 5.41) is 31.6. The molecule has 0 spiro atoms. The number of quaternary nitrogens is 1. The molecule has 2 aromatic heterocycles. The average Bonchev–Trinajstić information content (AvgIpc) is 4.02. The maximum atomic E-state index is 10.1. The summed E-state index contributed by atoms with van der Waals surface area (Å²) < 4.78 is 24.3. The molecule has 10 nitrogen and oxygen atoms in total. The Morgan fingerprint density at radius 2 is 1.33 bits per heavy atom. The molecule has 0 saturated carbocycles. The summed E-state index contributed by atoms with van der Waals surface area (Å²) in [6, 6.07) is 26.8. The highest BCUT2D eigenvalue weighted by Crippen LogP contribution is 2.43. The Labute approximate surface area is 322 Å². The normalized spacial score (nSPS) is 16.4. The van der Waals surface area contributed by atoms with E-state index in [9.17, 15) is 5.26 Å². The minimum absolute atomic E-state index is 0.0621. The number of nitriles is 1. The van der Waals surface area contributed by atoms with E-state index in [0.717, 1.165) is 73.7 Å². The lowest BCUT2D eigenvalue weighted by molar-refractivity contribution is -0.425. The molecule has 6 aromatic rings. The van der Waals surface area contributed by atoms with Gasteiger partial charge in [0.2, 0.25) is 0 Å². The summed E-state index contributed by atoms with van der Waals surface area (Å²) in [6.07, 6.45) is 3.47. The summed E-state index contributed by atoms with van der Waals surface area (Å²) in [7, 11) is 0. The molecule has 12 heteroatoms. The van der Waals surface area contributed by atoms with Crippen molar-refractivity contribution in [2.24, 2.45) is 0 Å². The maximum absolute atomic E-state index is 10.1. The first-order valence-corrected chi connectivity index (χ1v) is 20.0. The first kappa shape index (κ1) is 35.8. The fourth-order valence-corrected chi connectivity index (χ4v) is 9.15. The summed E-state index contributed by atoms with van der Waals surface area (Å²) in [4.78, 5) is 0. The van der Waals surface area contributed by atoms with Crippen molar-refractivity contribution >= 4 is 22.7 Å². The lowest BCUT2D eigenvalue weighted by Gasteiger charge is -2.19. The van der Waals surface area contributed by atoms with Gasteiger partial charge in [-0.2, -0.15) is 5.26 Å². The molecule has 2 heterocycles. The number of hydrogen-bond acceptors (Lipinski definition) is 11. The summed E-state index contributed by atoms with van der Waals surface area (Å²) >= 11 is 3.10. The van der Waals surface area contributed by atoms with Crippen LogP contribution >= 0.6 is 22.7 Å². The van der Waals surface area contributed by atoms with Gasteiger partial charge in [0.15, 0.2) is 11.5 Å². The van der Waals surface area contributed by atoms with Gasteiger partial charge >= 0.3 is 0 Å². The zero-order valence-electron chi connectivity index (χ0n) is 30.5. The van der Waals surface area contributed by atoms with Crippen LogP contribution in [0, 0.1) is 11.3 Å². The van der Waals surface area contributed by atoms with Crippen molar-refractivity contribution in [2.75, 3.05) is 19.8 Å². The molecule has 8 rings (SSSR count). The van der Waals surface area contributed by atoms with Gasteiger partial charge in [-0.1, -0.05) is 59.1 Å². The minimum atomic E-state index is -0.276. The van der Waals surface area contributed by atoms with Crippen molar-refractivity contribution in [1.29, 1.82) is 5.26 Å². The lowest BCUT2D eigenvalue weighted by Crippen LogP contribution is -2.52. The molecule has 2 aliphatic carbocycles. The highest BCUT2D eigenvalue weighted by Gasteiger charge is 2.28. The summed E-state index contributed by atoms with van der Waals surface area (Å²) in [5.41, 5.74) is 13.8. The van der Waals surface area contributed by atoms with E-state index >= 15 is 0 Å². The van der Waals surface area contributed by atoms with Crippen LogP contribution in [0.3, 0.4) is 0 Å². The third kappa shape index (κ3) is 7.08. The van der Waals surface area contributed by atoms with Crippen LogP contribution in [0.15, 0.2) is 72.8 Å². The van der Waals surface area contributed by atoms with Crippen LogP contribution in [-0.2, 0) is 17.6 Å². The van der Waals surface area contributed by atoms with E-state index in [1.807, 2.05) is 57.2 Å². The number of fused-ring (bicyclic) bond motifs is 2. The molecule has 0 aliphatic heterocycles. The Bertz CT molecular complexity index is 2350. The van der Waals surface area contributed by atoms with Crippen molar-refractivity contribution in [3.05, 3.63) is 101 Å². The van der Waals surface area contributed by atoms with Gasteiger partial charge in [0.05, 0.1) is 31.5 Å². The highest BCUT2D eigenvalue weighted by atomic mass is 32.1. The van der Waals surface area contributed by atoms with E-state index in [4.69, 9.17) is 18.9 Å². The lowest BCUT2D eigenvalue weighted by atomic mass is 10.0. The fraction of sp³-hybridized carbons (Fsp3) is 0.310. The van der Waals surface area contributed by atoms with Crippen LogP contribution < -0.4 is 19.9 Å². The Balaban J connectivity index is 0.921. The van der Waals surface area contributed by atoms with Crippen LogP contribution in [0.2, 0.25) is 0 Å². The molecule has 54 heavy (non-hydrogen) atoms. The van der Waals surface area contributed by atoms with E-state index in [1.165, 1.54) is 33.6 Å². The summed E-state index contributed by atoms with van der Waals surface area (Å²) in [5.74, 6) is 1.95. The Hall–Kier alpha value is -5.19. The molecule has 3 N–H and O–H groups in total. The molecule has 0 amide bonds. The van der Waals surface area contributed by atoms with Crippen molar-refractivity contribution < 1.29 is 24.7 Å². The van der Waals surface area contributed by atoms with Gasteiger partial charge < -0.3 is 24.7 Å². The van der Waals surface area contributed by atoms with Gasteiger partial charge in [0, 0.05) is 34.2 Å². The van der Waals surface area contributed by atoms with Gasteiger partial charge in [-0.25, -0.2) is 0 Å². The number of nitrogens with zero attached hydrogens (tertiary/aromatic N) is 5. The van der Waals surface area contributed by atoms with Crippen molar-refractivity contribution in [2.45, 2.75) is 64.7 Å². The second-order valence-electron chi connectivity index (χ2n) is 13.4. The van der Waals surface area contributed by atoms with Crippen molar-refractivity contribution in [3.8, 4) is 65.6 Å². The maximum Gasteiger partial charge on any atom is 0.161 e. The zero-order valence-corrected chi connectivity index (χ0v) is 32.1. The minimum Gasteiger partial charge on any atom is -0.490 e. The molecule has 4 aromatic carbocycles. The van der Waals surface area contributed by atoms with E-state index < -0.39 is 0 Å². The van der Waals surface area contributed by atoms with Gasteiger partial charge in [-0.05, 0) is 93.1 Å². The van der Waals surface area contributed by atoms with Crippen LogP contribution in [0.25, 0.3) is 42.3 Å². The van der Waals surface area contributed by atoms with Gasteiger partial charge in [-0.3, -0.25) is 0 Å².